The van der Waals surface area contributed by atoms with Gasteiger partial charge in [-0.2, -0.15) is 0 Å². The van der Waals surface area contributed by atoms with E-state index in [2.05, 4.69) is 31.1 Å². The molecule has 2 fully saturated rings. The Bertz CT molecular complexity index is 1010. The molecule has 1 aromatic carbocycles. The third kappa shape index (κ3) is 6.79. The van der Waals surface area contributed by atoms with Gasteiger partial charge in [-0.05, 0) is 78.8 Å². The number of nitrogens with zero attached hydrogens (tertiary/aromatic N) is 2. The van der Waals surface area contributed by atoms with Crippen molar-refractivity contribution in [1.82, 2.24) is 15.1 Å². The van der Waals surface area contributed by atoms with Crippen LogP contribution in [-0.2, 0) is 26.0 Å². The third-order valence-electron chi connectivity index (χ3n) is 7.82. The summed E-state index contributed by atoms with van der Waals surface area (Å²) in [4.78, 5) is 29.8. The third-order valence-corrected chi connectivity index (χ3v) is 10.5. The topological polar surface area (TPSA) is 96.0 Å². The molecule has 2 amide bonds. The highest BCUT2D eigenvalue weighted by molar-refractivity contribution is 7.92. The molecule has 4 atom stereocenters. The standard InChI is InChI=1S/C27H43N3O5S/c1-19(2)29(6)22-12-13-24(21(16-22)18-36(33,34)27(3,4)5)30-15-14-23(25(30)31)28-26(32)35-17-20-10-8-7-9-11-20/h7-11,19,21-24H,12-18H2,1-6H3,(H,28,32)/t21-,22+,23-,24-/m0/s1. The van der Waals surface area contributed by atoms with Gasteiger partial charge in [0.15, 0.2) is 9.84 Å². The maximum atomic E-state index is 13.3. The van der Waals surface area contributed by atoms with Crippen molar-refractivity contribution >= 4 is 21.8 Å². The fraction of sp³-hybridized carbons (Fsp3) is 0.704. The number of amides is 2. The van der Waals surface area contributed by atoms with Crippen LogP contribution in [0.25, 0.3) is 0 Å². The average Bonchev–Trinajstić information content (AvgIpc) is 3.16. The summed E-state index contributed by atoms with van der Waals surface area (Å²) in [6, 6.07) is 9.21. The highest BCUT2D eigenvalue weighted by Crippen LogP contribution is 2.36. The lowest BCUT2D eigenvalue weighted by Gasteiger charge is -2.45. The molecule has 0 spiro atoms. The zero-order valence-corrected chi connectivity index (χ0v) is 23.4. The second-order valence-electron chi connectivity index (χ2n) is 11.5. The first-order valence-electron chi connectivity index (χ1n) is 13.0. The zero-order valence-electron chi connectivity index (χ0n) is 22.6. The Morgan fingerprint density at radius 2 is 1.83 bits per heavy atom. The summed E-state index contributed by atoms with van der Waals surface area (Å²) in [6.07, 6.45) is 2.27. The molecule has 0 aromatic heterocycles. The summed E-state index contributed by atoms with van der Waals surface area (Å²) in [5.41, 5.74) is 0.873. The number of sulfone groups is 1. The van der Waals surface area contributed by atoms with Gasteiger partial charge in [-0.1, -0.05) is 30.3 Å². The fourth-order valence-corrected chi connectivity index (χ4v) is 6.63. The molecule has 202 valence electrons. The Balaban J connectivity index is 1.68. The molecule has 1 N–H and O–H groups in total. The Hall–Kier alpha value is -2.13. The fourth-order valence-electron chi connectivity index (χ4n) is 5.21. The molecule has 0 radical (unpaired) electrons. The van der Waals surface area contributed by atoms with Crippen molar-refractivity contribution in [2.24, 2.45) is 5.92 Å². The predicted molar refractivity (Wildman–Crippen MR) is 141 cm³/mol. The number of hydrogen-bond acceptors (Lipinski definition) is 6. The molecule has 1 aliphatic carbocycles. The van der Waals surface area contributed by atoms with E-state index in [0.29, 0.717) is 19.0 Å². The van der Waals surface area contributed by atoms with Crippen molar-refractivity contribution in [3.8, 4) is 0 Å². The minimum Gasteiger partial charge on any atom is -0.445 e. The van der Waals surface area contributed by atoms with Crippen molar-refractivity contribution in [3.63, 3.8) is 0 Å². The summed E-state index contributed by atoms with van der Waals surface area (Å²) < 4.78 is 30.8. The molecular formula is C27H43N3O5S. The Morgan fingerprint density at radius 3 is 2.44 bits per heavy atom. The van der Waals surface area contributed by atoms with Gasteiger partial charge in [0.2, 0.25) is 5.91 Å². The molecule has 1 saturated carbocycles. The number of ether oxygens (including phenoxy) is 1. The van der Waals surface area contributed by atoms with Gasteiger partial charge in [-0.15, -0.1) is 0 Å². The van der Waals surface area contributed by atoms with Gasteiger partial charge in [0.05, 0.1) is 10.5 Å². The van der Waals surface area contributed by atoms with Crippen molar-refractivity contribution in [1.29, 1.82) is 0 Å². The maximum absolute atomic E-state index is 13.3. The van der Waals surface area contributed by atoms with Gasteiger partial charge < -0.3 is 19.9 Å². The van der Waals surface area contributed by atoms with Crippen LogP contribution in [-0.4, -0.2) is 78.5 Å². The summed E-state index contributed by atoms with van der Waals surface area (Å²) >= 11 is 0. The molecule has 0 bridgehead atoms. The van der Waals surface area contributed by atoms with Gasteiger partial charge in [0.25, 0.3) is 0 Å². The summed E-state index contributed by atoms with van der Waals surface area (Å²) in [5.74, 6) is -0.239. The van der Waals surface area contributed by atoms with E-state index < -0.39 is 26.7 Å². The molecule has 36 heavy (non-hydrogen) atoms. The summed E-state index contributed by atoms with van der Waals surface area (Å²) in [6.45, 7) is 10.1. The van der Waals surface area contributed by atoms with Crippen molar-refractivity contribution < 1.29 is 22.7 Å². The van der Waals surface area contributed by atoms with Crippen molar-refractivity contribution in [3.05, 3.63) is 35.9 Å². The van der Waals surface area contributed by atoms with Crippen molar-refractivity contribution in [2.45, 2.75) is 95.8 Å². The van der Waals surface area contributed by atoms with E-state index in [0.717, 1.165) is 24.8 Å². The number of rotatable bonds is 8. The quantitative estimate of drug-likeness (QED) is 0.562. The minimum atomic E-state index is -3.36. The van der Waals surface area contributed by atoms with E-state index in [1.807, 2.05) is 35.2 Å². The second kappa shape index (κ2) is 11.5. The van der Waals surface area contributed by atoms with Crippen LogP contribution in [0.5, 0.6) is 0 Å². The van der Waals surface area contributed by atoms with Crippen LogP contribution in [0.4, 0.5) is 4.79 Å². The maximum Gasteiger partial charge on any atom is 0.408 e. The Kier molecular flexibility index (Phi) is 9.09. The minimum absolute atomic E-state index is 0.0601. The van der Waals surface area contributed by atoms with Crippen LogP contribution in [0.1, 0.15) is 65.9 Å². The van der Waals surface area contributed by atoms with Crippen LogP contribution in [0.3, 0.4) is 0 Å². The first-order chi connectivity index (χ1) is 16.8. The Labute approximate surface area is 216 Å². The highest BCUT2D eigenvalue weighted by atomic mass is 32.2. The molecule has 1 heterocycles. The largest absolute Gasteiger partial charge is 0.445 e. The van der Waals surface area contributed by atoms with E-state index in [-0.39, 0.29) is 36.3 Å². The number of benzene rings is 1. The number of carbonyl (C=O) groups excluding carboxylic acids is 2. The summed E-state index contributed by atoms with van der Waals surface area (Å²) in [7, 11) is -1.27. The monoisotopic (exact) mass is 521 g/mol. The Morgan fingerprint density at radius 1 is 1.17 bits per heavy atom. The SMILES string of the molecule is CC(C)N(C)[C@@H]1CC[C@H](N2CC[C@H](NC(=O)OCc3ccccc3)C2=O)[C@H](CS(=O)(=O)C(C)(C)C)C1. The highest BCUT2D eigenvalue weighted by Gasteiger charge is 2.45. The van der Waals surface area contributed by atoms with Gasteiger partial charge >= 0.3 is 6.09 Å². The molecular weight excluding hydrogens is 478 g/mol. The number of likely N-dealkylation sites (tertiary alicyclic amines) is 1. The molecule has 8 nitrogen and oxygen atoms in total. The van der Waals surface area contributed by atoms with Gasteiger partial charge in [0.1, 0.15) is 12.6 Å². The average molecular weight is 522 g/mol. The van der Waals surface area contributed by atoms with Crippen LogP contribution >= 0.6 is 0 Å². The first kappa shape index (κ1) is 28.4. The van der Waals surface area contributed by atoms with Crippen LogP contribution < -0.4 is 5.32 Å². The first-order valence-corrected chi connectivity index (χ1v) is 14.7. The van der Waals surface area contributed by atoms with Gasteiger partial charge in [-0.25, -0.2) is 13.2 Å². The number of alkyl carbamates (subject to hydrolysis) is 1. The lowest BCUT2D eigenvalue weighted by atomic mass is 9.81. The lowest BCUT2D eigenvalue weighted by molar-refractivity contribution is -0.133. The van der Waals surface area contributed by atoms with E-state index >= 15 is 0 Å². The summed E-state index contributed by atoms with van der Waals surface area (Å²) in [5, 5.41) is 2.72. The number of carbonyl (C=O) groups is 2. The number of hydrogen-bond donors (Lipinski definition) is 1. The van der Waals surface area contributed by atoms with Crippen molar-refractivity contribution in [2.75, 3.05) is 19.3 Å². The molecule has 2 aliphatic rings. The second-order valence-corrected chi connectivity index (χ2v) is 14.3. The van der Waals surface area contributed by atoms with E-state index in [1.54, 1.807) is 20.8 Å². The zero-order chi connectivity index (χ0) is 26.7. The van der Waals surface area contributed by atoms with Gasteiger partial charge in [0, 0.05) is 24.7 Å². The van der Waals surface area contributed by atoms with Gasteiger partial charge in [-0.3, -0.25) is 4.79 Å². The predicted octanol–water partition coefficient (Wildman–Crippen LogP) is 3.60. The van der Waals surface area contributed by atoms with Crippen LogP contribution in [0.15, 0.2) is 30.3 Å². The molecule has 1 aromatic rings. The molecule has 9 heteroatoms. The lowest BCUT2D eigenvalue weighted by Crippen LogP contribution is -2.53. The molecule has 1 saturated heterocycles. The number of nitrogens with one attached hydrogen (secondary N) is 1. The normalized spacial score (nSPS) is 25.4. The van der Waals surface area contributed by atoms with Crippen LogP contribution in [0, 0.1) is 5.92 Å². The molecule has 1 aliphatic heterocycles. The molecule has 3 rings (SSSR count). The molecule has 0 unspecified atom stereocenters. The smallest absolute Gasteiger partial charge is 0.408 e. The van der Waals surface area contributed by atoms with E-state index in [9.17, 15) is 18.0 Å². The van der Waals surface area contributed by atoms with E-state index in [4.69, 9.17) is 4.74 Å². The van der Waals surface area contributed by atoms with Crippen LogP contribution in [0.2, 0.25) is 0 Å². The van der Waals surface area contributed by atoms with E-state index in [1.165, 1.54) is 0 Å².